The van der Waals surface area contributed by atoms with Crippen molar-refractivity contribution in [2.45, 2.75) is 50.0 Å². The van der Waals surface area contributed by atoms with Crippen LogP contribution in [-0.2, 0) is 9.59 Å². The average Bonchev–Trinajstić information content (AvgIpc) is 3.72. The number of nitrogens with one attached hydrogen (secondary N) is 1. The van der Waals surface area contributed by atoms with Gasteiger partial charge in [0.1, 0.15) is 36.9 Å². The van der Waals surface area contributed by atoms with Crippen LogP contribution in [0.3, 0.4) is 0 Å². The number of β-amino-alcohol motifs (C(OH)–C–C–N with tert-alkyl or cyclic N) is 2. The number of piperazine rings is 2. The first-order valence-corrected chi connectivity index (χ1v) is 30.4. The van der Waals surface area contributed by atoms with Gasteiger partial charge in [-0.2, -0.15) is 0 Å². The number of pyridine rings is 2. The summed E-state index contributed by atoms with van der Waals surface area (Å²) in [5, 5.41) is 37.0. The maximum atomic E-state index is 13.5. The van der Waals surface area contributed by atoms with Crippen molar-refractivity contribution in [3.05, 3.63) is 217 Å². The minimum atomic E-state index is -0.969. The van der Waals surface area contributed by atoms with Gasteiger partial charge in [0, 0.05) is 106 Å². The summed E-state index contributed by atoms with van der Waals surface area (Å²) >= 11 is 0. The SMILES string of the molecule is O=C(C1CCN(C[C@@H](O)COc2cccc3ncccc23)CC1)N1CCN(C(c2ccccc2)c2ccccc2)CC1.O=C([O-])C1CCN(C[C@@H](O)COc2cccc3ncccc23)CC1.[Li+].c1ccc(C(c2ccccc2)N2CCNCC2)cc1. The van der Waals surface area contributed by atoms with Crippen LogP contribution in [0.25, 0.3) is 21.8 Å². The normalized spacial score (nSPS) is 17.4. The molecule has 0 spiro atoms. The number of amides is 1. The molecule has 12 rings (SSSR count). The first-order valence-electron chi connectivity index (χ1n) is 30.4. The zero-order valence-electron chi connectivity index (χ0n) is 49.6. The number of carboxylic acid groups (broad SMARTS) is 1. The van der Waals surface area contributed by atoms with Crippen LogP contribution in [0.1, 0.15) is 60.0 Å². The number of carboxylic acids is 1. The van der Waals surface area contributed by atoms with E-state index in [-0.39, 0.29) is 50.0 Å². The maximum Gasteiger partial charge on any atom is 1.00 e. The van der Waals surface area contributed by atoms with E-state index in [2.05, 4.69) is 161 Å². The Morgan fingerprint density at radius 3 is 1.26 bits per heavy atom. The second-order valence-electron chi connectivity index (χ2n) is 22.6. The number of aliphatic carboxylic acids is 1. The van der Waals surface area contributed by atoms with Crippen molar-refractivity contribution in [3.8, 4) is 11.5 Å². The molecule has 0 bridgehead atoms. The molecule has 8 aromatic rings. The van der Waals surface area contributed by atoms with Crippen LogP contribution in [0.5, 0.6) is 11.5 Å². The van der Waals surface area contributed by atoms with Crippen molar-refractivity contribution in [2.24, 2.45) is 11.8 Å². The monoisotopic (exact) mass is 1150 g/mol. The molecule has 6 aromatic carbocycles. The second-order valence-corrected chi connectivity index (χ2v) is 22.6. The van der Waals surface area contributed by atoms with Crippen LogP contribution in [0.2, 0.25) is 0 Å². The predicted octanol–water partition coefficient (Wildman–Crippen LogP) is 4.74. The number of piperidine rings is 2. The molecule has 3 N–H and O–H groups in total. The summed E-state index contributed by atoms with van der Waals surface area (Å²) in [6.07, 6.45) is 5.09. The standard InChI is InChI=1S/C35H40N4O3.C18H22N2O4.C17H20N2.Li/c40-30(26-42-33-15-7-14-32-31(33)13-8-18-36-32)25-37-19-16-29(17-20-37)35(41)39-23-21-38(22-24-39)34(27-9-3-1-4-10-27)28-11-5-2-6-12-28;21-14(11-20-9-6-13(7-10-20)18(22)23)12-24-17-5-1-4-16-15(17)3-2-8-19-16;1-3-7-15(8-4-1)17(16-9-5-2-6-10-16)19-13-11-18-12-14-19;/h1-15,18,29-30,34,40H,16-17,19-26H2;1-5,8,13-14,21H,6-7,9-12H2,(H,22,23);1-10,17-18H,11-14H2;/q;;;+1/p-1/t30-;14-;;/m11../s1. The van der Waals surface area contributed by atoms with Crippen molar-refractivity contribution in [3.63, 3.8) is 0 Å². The Kier molecular flexibility index (Phi) is 24.1. The quantitative estimate of drug-likeness (QED) is 0.101. The number of fused-ring (bicyclic) bond motifs is 2. The van der Waals surface area contributed by atoms with Gasteiger partial charge in [0.2, 0.25) is 5.91 Å². The van der Waals surface area contributed by atoms with Gasteiger partial charge in [-0.3, -0.25) is 24.6 Å². The zero-order valence-corrected chi connectivity index (χ0v) is 49.6. The third-order valence-electron chi connectivity index (χ3n) is 16.8. The van der Waals surface area contributed by atoms with Gasteiger partial charge in [-0.1, -0.05) is 133 Å². The number of carbonyl (C=O) groups excluding carboxylic acids is 2. The van der Waals surface area contributed by atoms with Gasteiger partial charge < -0.3 is 49.6 Å². The van der Waals surface area contributed by atoms with Crippen LogP contribution in [-0.4, -0.2) is 174 Å². The molecule has 86 heavy (non-hydrogen) atoms. The Hall–Kier alpha value is -7.00. The fraction of sp³-hybridized carbons (Fsp3) is 0.371. The molecule has 4 saturated heterocycles. The third-order valence-corrected chi connectivity index (χ3v) is 16.8. The van der Waals surface area contributed by atoms with Gasteiger partial charge in [0.25, 0.3) is 0 Å². The van der Waals surface area contributed by atoms with E-state index < -0.39 is 18.2 Å². The summed E-state index contributed by atoms with van der Waals surface area (Å²) < 4.78 is 11.7. The van der Waals surface area contributed by atoms with E-state index in [0.29, 0.717) is 56.7 Å². The molecule has 16 heteroatoms. The predicted molar refractivity (Wildman–Crippen MR) is 332 cm³/mol. The largest absolute Gasteiger partial charge is 1.00 e. The van der Waals surface area contributed by atoms with E-state index >= 15 is 0 Å². The molecular weight excluding hydrogens is 1070 g/mol. The molecule has 0 unspecified atom stereocenters. The number of ether oxygens (including phenoxy) is 2. The van der Waals surface area contributed by atoms with Crippen LogP contribution in [0.4, 0.5) is 0 Å². The molecule has 6 heterocycles. The fourth-order valence-electron chi connectivity index (χ4n) is 12.4. The number of likely N-dealkylation sites (tertiary alicyclic amines) is 2. The van der Waals surface area contributed by atoms with Crippen LogP contribution in [0, 0.1) is 11.8 Å². The smallest absolute Gasteiger partial charge is 0.550 e. The van der Waals surface area contributed by atoms with Gasteiger partial charge in [-0.15, -0.1) is 0 Å². The van der Waals surface area contributed by atoms with Gasteiger partial charge in [-0.25, -0.2) is 0 Å². The fourth-order valence-corrected chi connectivity index (χ4v) is 12.4. The number of aliphatic hydroxyl groups excluding tert-OH is 2. The molecule has 4 aliphatic rings. The first-order chi connectivity index (χ1) is 41.7. The second kappa shape index (κ2) is 32.7. The minimum absolute atomic E-state index is 0. The maximum absolute atomic E-state index is 13.5. The third kappa shape index (κ3) is 17.6. The van der Waals surface area contributed by atoms with Gasteiger partial charge in [-0.05, 0) is 123 Å². The molecular formula is C70H81LiN8O7. The Morgan fingerprint density at radius 2 is 0.860 bits per heavy atom. The van der Waals surface area contributed by atoms with Gasteiger partial charge in [0.05, 0.1) is 23.1 Å². The first kappa shape index (κ1) is 63.5. The van der Waals surface area contributed by atoms with E-state index in [1.807, 2.05) is 60.7 Å². The number of rotatable bonds is 18. The molecule has 0 aliphatic carbocycles. The topological polar surface area (TPSA) is 170 Å². The van der Waals surface area contributed by atoms with Crippen molar-refractivity contribution in [1.82, 2.24) is 39.8 Å². The van der Waals surface area contributed by atoms with Crippen molar-refractivity contribution >= 4 is 33.7 Å². The van der Waals surface area contributed by atoms with Crippen molar-refractivity contribution in [2.75, 3.05) is 105 Å². The summed E-state index contributed by atoms with van der Waals surface area (Å²) in [4.78, 5) is 44.5. The number of benzene rings is 6. The van der Waals surface area contributed by atoms with Gasteiger partial charge >= 0.3 is 18.9 Å². The number of carbonyl (C=O) groups is 2. The molecule has 15 nitrogen and oxygen atoms in total. The van der Waals surface area contributed by atoms with Crippen LogP contribution in [0.15, 0.2) is 194 Å². The van der Waals surface area contributed by atoms with Gasteiger partial charge in [0.15, 0.2) is 0 Å². The summed E-state index contributed by atoms with van der Waals surface area (Å²) in [7, 11) is 0. The average molecular weight is 1150 g/mol. The molecule has 4 aliphatic heterocycles. The Morgan fingerprint density at radius 1 is 0.477 bits per heavy atom. The number of hydrogen-bond acceptors (Lipinski definition) is 14. The van der Waals surface area contributed by atoms with Crippen molar-refractivity contribution < 1.29 is 53.2 Å². The minimum Gasteiger partial charge on any atom is -0.550 e. The molecule has 4 fully saturated rings. The van der Waals surface area contributed by atoms with E-state index in [1.54, 1.807) is 12.4 Å². The Bertz CT molecular complexity index is 3200. The Labute approximate surface area is 518 Å². The van der Waals surface area contributed by atoms with E-state index in [1.165, 1.54) is 22.3 Å². The zero-order chi connectivity index (χ0) is 58.6. The van der Waals surface area contributed by atoms with Crippen molar-refractivity contribution in [1.29, 1.82) is 0 Å². The van der Waals surface area contributed by atoms with E-state index in [9.17, 15) is 24.9 Å². The van der Waals surface area contributed by atoms with Crippen LogP contribution >= 0.6 is 0 Å². The number of nitrogens with zero attached hydrogens (tertiary/aromatic N) is 7. The number of aliphatic hydroxyl groups is 2. The molecule has 1 amide bonds. The molecule has 0 saturated carbocycles. The van der Waals surface area contributed by atoms with E-state index in [4.69, 9.17) is 9.47 Å². The summed E-state index contributed by atoms with van der Waals surface area (Å²) in [6, 6.07) is 62.7. The number of hydrogen-bond donors (Lipinski definition) is 3. The van der Waals surface area contributed by atoms with Crippen LogP contribution < -0.4 is 38.8 Å². The molecule has 2 atom stereocenters. The molecule has 444 valence electrons. The van der Waals surface area contributed by atoms with E-state index in [0.717, 1.165) is 106 Å². The summed E-state index contributed by atoms with van der Waals surface area (Å²) in [5.74, 6) is 0.460. The summed E-state index contributed by atoms with van der Waals surface area (Å²) in [6.45, 7) is 12.0. The molecule has 0 radical (unpaired) electrons. The Balaban J connectivity index is 0.000000169. The molecule has 2 aromatic heterocycles. The summed E-state index contributed by atoms with van der Waals surface area (Å²) in [5.41, 5.74) is 7.08. The number of aromatic nitrogens is 2.